The van der Waals surface area contributed by atoms with Crippen LogP contribution in [0.2, 0.25) is 0 Å². The van der Waals surface area contributed by atoms with Gasteiger partial charge in [0.05, 0.1) is 19.5 Å². The first-order valence-electron chi connectivity index (χ1n) is 12.9. The van der Waals surface area contributed by atoms with Crippen LogP contribution in [0.5, 0.6) is 5.75 Å². The van der Waals surface area contributed by atoms with Gasteiger partial charge >= 0.3 is 5.97 Å². The molecule has 198 valence electrons. The monoisotopic (exact) mass is 519 g/mol. The van der Waals surface area contributed by atoms with E-state index in [-0.39, 0.29) is 16.8 Å². The van der Waals surface area contributed by atoms with E-state index in [2.05, 4.69) is 53.7 Å². The molecule has 3 aromatic carbocycles. The normalized spacial score (nSPS) is 12.1. The third-order valence-corrected chi connectivity index (χ3v) is 7.17. The molecule has 4 nitrogen and oxygen atoms in total. The molecule has 37 heavy (non-hydrogen) atoms. The zero-order valence-corrected chi connectivity index (χ0v) is 23.9. The van der Waals surface area contributed by atoms with Gasteiger partial charge < -0.3 is 9.94 Å². The number of benzene rings is 3. The minimum atomic E-state index is -0.226. The third kappa shape index (κ3) is 8.94. The fourth-order valence-corrected chi connectivity index (χ4v) is 5.01. The maximum absolute atomic E-state index is 12.8. The highest BCUT2D eigenvalue weighted by Gasteiger charge is 2.26. The lowest BCUT2D eigenvalue weighted by molar-refractivity contribution is -0.196. The van der Waals surface area contributed by atoms with Crippen LogP contribution in [0.15, 0.2) is 72.8 Å². The van der Waals surface area contributed by atoms with E-state index >= 15 is 0 Å². The van der Waals surface area contributed by atoms with Crippen LogP contribution in [-0.4, -0.2) is 21.9 Å². The Morgan fingerprint density at radius 3 is 1.68 bits per heavy atom. The maximum atomic E-state index is 12.8. The van der Waals surface area contributed by atoms with E-state index < -0.39 is 0 Å². The largest absolute Gasteiger partial charge is 0.507 e. The van der Waals surface area contributed by atoms with Crippen molar-refractivity contribution in [3.8, 4) is 5.75 Å². The number of carbonyl (C=O) groups excluding carboxylic acids is 1. The van der Waals surface area contributed by atoms with Crippen molar-refractivity contribution in [2.45, 2.75) is 77.6 Å². The summed E-state index contributed by atoms with van der Waals surface area (Å²) in [6.45, 7) is 13.8. The number of carbonyl (C=O) groups is 1. The molecule has 0 aromatic heterocycles. The maximum Gasteiger partial charge on any atom is 0.325 e. The number of hydroxylamine groups is 2. The van der Waals surface area contributed by atoms with E-state index in [0.29, 0.717) is 31.0 Å². The Morgan fingerprint density at radius 2 is 1.24 bits per heavy atom. The van der Waals surface area contributed by atoms with E-state index in [4.69, 9.17) is 4.84 Å². The average Bonchev–Trinajstić information content (AvgIpc) is 2.82. The molecule has 0 unspecified atom stereocenters. The number of phenols is 1. The highest BCUT2D eigenvalue weighted by Crippen LogP contribution is 2.40. The van der Waals surface area contributed by atoms with Crippen LogP contribution in [0.1, 0.15) is 75.8 Å². The molecule has 0 saturated heterocycles. The molecule has 0 heterocycles. The van der Waals surface area contributed by atoms with Crippen LogP contribution in [0.3, 0.4) is 0 Å². The Hall–Kier alpha value is -2.76. The second-order valence-electron chi connectivity index (χ2n) is 11.6. The summed E-state index contributed by atoms with van der Waals surface area (Å²) in [5.41, 5.74) is 4.97. The van der Waals surface area contributed by atoms with E-state index in [0.717, 1.165) is 28.0 Å². The molecule has 0 aliphatic carbocycles. The van der Waals surface area contributed by atoms with Crippen LogP contribution in [0.25, 0.3) is 0 Å². The number of hydrogen-bond acceptors (Lipinski definition) is 5. The van der Waals surface area contributed by atoms with Gasteiger partial charge in [0.15, 0.2) is 0 Å². The zero-order valence-electron chi connectivity index (χ0n) is 23.1. The summed E-state index contributed by atoms with van der Waals surface area (Å²) in [4.78, 5) is 18.6. The number of aromatic hydroxyl groups is 1. The molecule has 0 saturated carbocycles. The van der Waals surface area contributed by atoms with Crippen molar-refractivity contribution in [2.75, 3.05) is 5.75 Å². The fourth-order valence-electron chi connectivity index (χ4n) is 4.15. The van der Waals surface area contributed by atoms with Crippen molar-refractivity contribution >= 4 is 17.7 Å². The van der Waals surface area contributed by atoms with E-state index in [1.165, 1.54) is 5.56 Å². The van der Waals surface area contributed by atoms with Gasteiger partial charge in [-0.05, 0) is 38.6 Å². The van der Waals surface area contributed by atoms with Gasteiger partial charge in [-0.15, -0.1) is 5.06 Å². The molecule has 0 spiro atoms. The molecule has 0 aliphatic rings. The molecule has 0 radical (unpaired) electrons. The van der Waals surface area contributed by atoms with Crippen molar-refractivity contribution in [2.24, 2.45) is 0 Å². The molecular formula is C32H41NO3S. The lowest BCUT2D eigenvalue weighted by Crippen LogP contribution is -2.27. The lowest BCUT2D eigenvalue weighted by atomic mass is 9.78. The number of nitrogens with zero attached hydrogens (tertiary/aromatic N) is 1. The number of phenolic OH excluding ortho intramolecular Hbond substituents is 1. The van der Waals surface area contributed by atoms with Crippen molar-refractivity contribution in [1.29, 1.82) is 0 Å². The summed E-state index contributed by atoms with van der Waals surface area (Å²) in [6.07, 6.45) is 0.334. The van der Waals surface area contributed by atoms with Gasteiger partial charge in [-0.1, -0.05) is 114 Å². The van der Waals surface area contributed by atoms with E-state index in [1.54, 1.807) is 16.8 Å². The average molecular weight is 520 g/mol. The Labute approximate surface area is 227 Å². The molecule has 0 aliphatic heterocycles. The second kappa shape index (κ2) is 12.7. The highest BCUT2D eigenvalue weighted by molar-refractivity contribution is 7.98. The summed E-state index contributed by atoms with van der Waals surface area (Å²) < 4.78 is 0. The predicted molar refractivity (Wildman–Crippen MR) is 155 cm³/mol. The SMILES string of the molecule is CC(C)(C)c1cc(CSCCC(=O)ON(Cc2ccccc2)Cc2ccccc2)cc(C(C)(C)C)c1O. The van der Waals surface area contributed by atoms with Gasteiger partial charge in [0.2, 0.25) is 0 Å². The van der Waals surface area contributed by atoms with Crippen LogP contribution in [-0.2, 0) is 39.3 Å². The Kier molecular flexibility index (Phi) is 9.86. The Balaban J connectivity index is 1.60. The standard InChI is InChI=1S/C32H41NO3S/c1-31(2,3)27-19-26(20-28(30(27)35)32(4,5)6)23-37-18-17-29(34)36-33(21-24-13-9-7-10-14-24)22-25-15-11-8-12-16-25/h7-16,19-20,35H,17-18,21-23H2,1-6H3. The topological polar surface area (TPSA) is 49.8 Å². The zero-order chi connectivity index (χ0) is 27.1. The fraction of sp³-hybridized carbons (Fsp3) is 0.406. The highest BCUT2D eigenvalue weighted by atomic mass is 32.2. The van der Waals surface area contributed by atoms with Crippen molar-refractivity contribution in [3.05, 3.63) is 101 Å². The predicted octanol–water partition coefficient (Wildman–Crippen LogP) is 7.77. The van der Waals surface area contributed by atoms with Crippen LogP contribution >= 0.6 is 11.8 Å². The lowest BCUT2D eigenvalue weighted by Gasteiger charge is -2.28. The third-order valence-electron chi connectivity index (χ3n) is 6.14. The first-order chi connectivity index (χ1) is 17.4. The molecule has 3 aromatic rings. The smallest absolute Gasteiger partial charge is 0.325 e. The molecule has 0 fully saturated rings. The van der Waals surface area contributed by atoms with Gasteiger partial charge in [-0.2, -0.15) is 11.8 Å². The molecule has 3 rings (SSSR count). The minimum absolute atomic E-state index is 0.157. The van der Waals surface area contributed by atoms with Crippen LogP contribution in [0, 0.1) is 0 Å². The van der Waals surface area contributed by atoms with E-state index in [9.17, 15) is 9.90 Å². The first-order valence-corrected chi connectivity index (χ1v) is 14.1. The molecule has 1 N–H and O–H groups in total. The van der Waals surface area contributed by atoms with Crippen LogP contribution < -0.4 is 0 Å². The van der Waals surface area contributed by atoms with Crippen molar-refractivity contribution in [3.63, 3.8) is 0 Å². The van der Waals surface area contributed by atoms with Crippen molar-refractivity contribution in [1.82, 2.24) is 5.06 Å². The van der Waals surface area contributed by atoms with Crippen LogP contribution in [0.4, 0.5) is 0 Å². The number of hydrogen-bond donors (Lipinski definition) is 1. The second-order valence-corrected chi connectivity index (χ2v) is 12.7. The van der Waals surface area contributed by atoms with Gasteiger partial charge in [-0.3, -0.25) is 4.79 Å². The molecule has 0 atom stereocenters. The summed E-state index contributed by atoms with van der Waals surface area (Å²) >= 11 is 1.71. The number of thioether (sulfide) groups is 1. The van der Waals surface area contributed by atoms with Gasteiger partial charge in [0.1, 0.15) is 5.75 Å². The quantitative estimate of drug-likeness (QED) is 0.219. The summed E-state index contributed by atoms with van der Waals surface area (Å²) in [6, 6.07) is 24.3. The van der Waals surface area contributed by atoms with Gasteiger partial charge in [0, 0.05) is 11.5 Å². The molecule has 0 bridgehead atoms. The summed E-state index contributed by atoms with van der Waals surface area (Å²) in [5.74, 6) is 1.61. The molecule has 5 heteroatoms. The first kappa shape index (κ1) is 28.8. The summed E-state index contributed by atoms with van der Waals surface area (Å²) in [5, 5.41) is 12.7. The van der Waals surface area contributed by atoms with Crippen molar-refractivity contribution < 1.29 is 14.7 Å². The number of rotatable bonds is 10. The van der Waals surface area contributed by atoms with E-state index in [1.807, 2.05) is 60.7 Å². The van der Waals surface area contributed by atoms with Gasteiger partial charge in [-0.25, -0.2) is 0 Å². The Bertz CT molecular complexity index is 1070. The van der Waals surface area contributed by atoms with Gasteiger partial charge in [0.25, 0.3) is 0 Å². The molecular weight excluding hydrogens is 478 g/mol. The Morgan fingerprint density at radius 1 is 0.784 bits per heavy atom. The molecule has 0 amide bonds. The minimum Gasteiger partial charge on any atom is -0.507 e. The summed E-state index contributed by atoms with van der Waals surface area (Å²) in [7, 11) is 0.